The van der Waals surface area contributed by atoms with Crippen molar-refractivity contribution in [3.05, 3.63) is 0 Å². The van der Waals surface area contributed by atoms with Crippen LogP contribution in [0.1, 0.15) is 18.2 Å². The maximum absolute atomic E-state index is 11.1. The van der Waals surface area contributed by atoms with Gasteiger partial charge >= 0.3 is 0 Å². The first-order valence-electron chi connectivity index (χ1n) is 4.49. The minimum Gasteiger partial charge on any atom is -0.305 e. The Morgan fingerprint density at radius 1 is 1.62 bits per heavy atom. The predicted octanol–water partition coefficient (Wildman–Crippen LogP) is 0.281. The van der Waals surface area contributed by atoms with E-state index in [1.807, 2.05) is 0 Å². The number of hydrogen-bond acceptors (Lipinski definition) is 2. The second-order valence-electron chi connectivity index (χ2n) is 1.85. The molecule has 0 saturated carbocycles. The Bertz CT molecular complexity index is 196. The molecule has 1 fully saturated rings. The zero-order valence-electron chi connectivity index (χ0n) is 8.77. The molecule has 0 spiro atoms. The number of piperidine rings is 1. The van der Waals surface area contributed by atoms with Crippen LogP contribution in [0.4, 0.5) is 0 Å². The molecule has 0 aromatic rings. The van der Waals surface area contributed by atoms with Crippen molar-refractivity contribution in [3.63, 3.8) is 0 Å². The van der Waals surface area contributed by atoms with Gasteiger partial charge < -0.3 is 4.90 Å². The fourth-order valence-electron chi connectivity index (χ4n) is 0.532. The third-order valence-electron chi connectivity index (χ3n) is 1.02. The summed E-state index contributed by atoms with van der Waals surface area (Å²) in [4.78, 5) is 12.6. The van der Waals surface area contributed by atoms with Crippen LogP contribution in [0.5, 0.6) is 0 Å². The summed E-state index contributed by atoms with van der Waals surface area (Å²) in [5, 5.41) is 0. The Labute approximate surface area is 55.1 Å². The second-order valence-corrected chi connectivity index (χ2v) is 1.85. The largest absolute Gasteiger partial charge is 0.305 e. The highest BCUT2D eigenvalue weighted by molar-refractivity contribution is 5.79. The van der Waals surface area contributed by atoms with Gasteiger partial charge in [0.15, 0.2) is 0 Å². The molecule has 1 aliphatic heterocycles. The fraction of sp³-hybridized carbons (Fsp3) is 0.833. The average Bonchev–Trinajstić information content (AvgIpc) is 1.80. The van der Waals surface area contributed by atoms with Gasteiger partial charge in [-0.05, 0) is 7.05 Å². The van der Waals surface area contributed by atoms with Crippen molar-refractivity contribution in [3.8, 4) is 0 Å². The van der Waals surface area contributed by atoms with Crippen molar-refractivity contribution in [1.82, 2.24) is 4.90 Å². The van der Waals surface area contributed by atoms with Crippen LogP contribution in [-0.4, -0.2) is 30.8 Å². The number of carbonyl (C=O) groups excluding carboxylic acids is 1. The van der Waals surface area contributed by atoms with Crippen LogP contribution in [0.3, 0.4) is 0 Å². The van der Waals surface area contributed by atoms with Gasteiger partial charge in [-0.3, -0.25) is 4.79 Å². The quantitative estimate of drug-likeness (QED) is 0.454. The van der Waals surface area contributed by atoms with E-state index in [4.69, 9.17) is 5.48 Å². The minimum atomic E-state index is -2.05. The minimum absolute atomic E-state index is 0.0225. The third-order valence-corrected chi connectivity index (χ3v) is 1.02. The van der Waals surface area contributed by atoms with Gasteiger partial charge in [0.2, 0.25) is 0 Å². The Kier molecular flexibility index (Phi) is 0.702. The average molecular weight is 117 g/mol. The molecule has 8 heavy (non-hydrogen) atoms. The van der Waals surface area contributed by atoms with Gasteiger partial charge in [0.1, 0.15) is 5.78 Å². The van der Waals surface area contributed by atoms with Crippen LogP contribution in [-0.2, 0) is 4.79 Å². The standard InChI is InChI=1S/C6H11NO/c1-7-4-2-6(8)3-5-7/h2-5H2,1H3/i2D2,3D2. The highest BCUT2D eigenvalue weighted by atomic mass is 16.1. The van der Waals surface area contributed by atoms with Gasteiger partial charge in [-0.25, -0.2) is 0 Å². The Hall–Kier alpha value is -0.370. The zero-order chi connectivity index (χ0) is 9.57. The molecule has 0 unspecified atom stereocenters. The van der Waals surface area contributed by atoms with E-state index in [9.17, 15) is 4.79 Å². The number of hydrogen-bond donors (Lipinski definition) is 0. The molecular weight excluding hydrogens is 102 g/mol. The monoisotopic (exact) mass is 117 g/mol. The first kappa shape index (κ1) is 2.48. The molecule has 0 amide bonds. The molecule has 0 radical (unpaired) electrons. The number of Topliss-reactive ketones (excluding diaryl/α,β-unsaturated/α-hetero) is 1. The lowest BCUT2D eigenvalue weighted by Gasteiger charge is -2.19. The molecule has 0 bridgehead atoms. The molecule has 46 valence electrons. The first-order valence-corrected chi connectivity index (χ1v) is 2.49. The van der Waals surface area contributed by atoms with E-state index in [1.54, 1.807) is 7.05 Å². The molecule has 0 atom stereocenters. The van der Waals surface area contributed by atoms with Crippen molar-refractivity contribution in [2.45, 2.75) is 12.7 Å². The molecule has 0 aromatic carbocycles. The smallest absolute Gasteiger partial charge is 0.135 e. The zero-order valence-corrected chi connectivity index (χ0v) is 4.77. The van der Waals surface area contributed by atoms with Gasteiger partial charge in [0.05, 0.1) is 0 Å². The molecule has 0 N–H and O–H groups in total. The molecule has 1 rings (SSSR count). The second kappa shape index (κ2) is 2.27. The third kappa shape index (κ3) is 1.30. The first-order chi connectivity index (χ1) is 5.26. The van der Waals surface area contributed by atoms with Crippen LogP contribution >= 0.6 is 0 Å². The lowest BCUT2D eigenvalue weighted by molar-refractivity contribution is -0.121. The lowest BCUT2D eigenvalue weighted by Crippen LogP contribution is -2.29. The number of carbonyl (C=O) groups is 1. The van der Waals surface area contributed by atoms with Crippen molar-refractivity contribution < 1.29 is 10.3 Å². The van der Waals surface area contributed by atoms with Crippen LogP contribution in [0.25, 0.3) is 0 Å². The van der Waals surface area contributed by atoms with Gasteiger partial charge in [0, 0.05) is 31.3 Å². The van der Waals surface area contributed by atoms with E-state index in [2.05, 4.69) is 0 Å². The maximum atomic E-state index is 11.1. The fourth-order valence-corrected chi connectivity index (χ4v) is 0.532. The molecule has 1 saturated heterocycles. The van der Waals surface area contributed by atoms with Gasteiger partial charge in [0.25, 0.3) is 0 Å². The van der Waals surface area contributed by atoms with Gasteiger partial charge in [-0.1, -0.05) is 0 Å². The summed E-state index contributed by atoms with van der Waals surface area (Å²) in [5.41, 5.74) is 0. The molecule has 1 aliphatic rings. The number of ketones is 1. The molecule has 1 heterocycles. The van der Waals surface area contributed by atoms with Crippen molar-refractivity contribution in [2.24, 2.45) is 0 Å². The van der Waals surface area contributed by atoms with Crippen LogP contribution in [0.2, 0.25) is 0 Å². The van der Waals surface area contributed by atoms with Crippen LogP contribution in [0.15, 0.2) is 0 Å². The number of nitrogens with zero attached hydrogens (tertiary/aromatic N) is 1. The molecular formula is C6H11NO. The van der Waals surface area contributed by atoms with Crippen molar-refractivity contribution >= 4 is 5.78 Å². The summed E-state index contributed by atoms with van der Waals surface area (Å²) in [6.45, 7) is -0.0450. The maximum Gasteiger partial charge on any atom is 0.135 e. The normalized spacial score (nSPS) is 43.9. The van der Waals surface area contributed by atoms with E-state index < -0.39 is 18.5 Å². The van der Waals surface area contributed by atoms with E-state index in [-0.39, 0.29) is 13.1 Å². The highest BCUT2D eigenvalue weighted by Crippen LogP contribution is 2.01. The summed E-state index contributed by atoms with van der Waals surface area (Å²) in [5.74, 6) is -0.937. The van der Waals surface area contributed by atoms with Crippen molar-refractivity contribution in [2.75, 3.05) is 20.1 Å². The summed E-state index contributed by atoms with van der Waals surface area (Å²) < 4.78 is 29.0. The van der Waals surface area contributed by atoms with Gasteiger partial charge in [-0.15, -0.1) is 0 Å². The Balaban J connectivity index is 2.91. The molecule has 2 heteroatoms. The number of rotatable bonds is 0. The topological polar surface area (TPSA) is 20.3 Å². The summed E-state index contributed by atoms with van der Waals surface area (Å²) in [7, 11) is 1.60. The Morgan fingerprint density at radius 3 is 2.62 bits per heavy atom. The van der Waals surface area contributed by atoms with E-state index >= 15 is 0 Å². The van der Waals surface area contributed by atoms with E-state index in [0.29, 0.717) is 0 Å². The highest BCUT2D eigenvalue weighted by Gasteiger charge is 2.10. The van der Waals surface area contributed by atoms with E-state index in [0.717, 1.165) is 0 Å². The SMILES string of the molecule is [2H]C1([2H])CN(C)CC([2H])([2H])C1=O. The van der Waals surface area contributed by atoms with Crippen LogP contribution < -0.4 is 0 Å². The molecule has 2 nitrogen and oxygen atoms in total. The predicted molar refractivity (Wildman–Crippen MR) is 31.7 cm³/mol. The van der Waals surface area contributed by atoms with E-state index in [1.165, 1.54) is 4.90 Å². The summed E-state index contributed by atoms with van der Waals surface area (Å²) >= 11 is 0. The molecule has 0 aliphatic carbocycles. The number of likely N-dealkylation sites (tertiary alicyclic amines) is 1. The summed E-state index contributed by atoms with van der Waals surface area (Å²) in [6, 6.07) is 0. The lowest BCUT2D eigenvalue weighted by atomic mass is 10.1. The van der Waals surface area contributed by atoms with Crippen LogP contribution in [0, 0.1) is 0 Å². The Morgan fingerprint density at radius 2 is 2.12 bits per heavy atom. The van der Waals surface area contributed by atoms with Crippen molar-refractivity contribution in [1.29, 1.82) is 0 Å². The summed E-state index contributed by atoms with van der Waals surface area (Å²) in [6.07, 6.45) is -4.09. The molecule has 0 aromatic heterocycles. The van der Waals surface area contributed by atoms with Gasteiger partial charge in [-0.2, -0.15) is 0 Å².